The number of carbonyl (C=O) groups excluding carboxylic acids is 3. The molecule has 0 unspecified atom stereocenters. The molecule has 118 valence electrons. The first-order valence-electron chi connectivity index (χ1n) is 7.41. The lowest BCUT2D eigenvalue weighted by Crippen LogP contribution is -2.44. The van der Waals surface area contributed by atoms with Gasteiger partial charge in [-0.25, -0.2) is 0 Å². The molecule has 2 aliphatic heterocycles. The smallest absolute Gasteiger partial charge is 0.309 e. The number of fused-ring (bicyclic) bond motifs is 3. The van der Waals surface area contributed by atoms with Crippen LogP contribution in [0.3, 0.4) is 0 Å². The second kappa shape index (κ2) is 4.52. The van der Waals surface area contributed by atoms with Crippen molar-refractivity contribution in [1.29, 1.82) is 0 Å². The van der Waals surface area contributed by atoms with Crippen LogP contribution in [0.2, 0.25) is 0 Å². The second-order valence-corrected chi connectivity index (χ2v) is 6.07. The molecule has 1 aromatic rings. The molecule has 0 aromatic heterocycles. The Bertz CT molecular complexity index is 819. The monoisotopic (exact) mass is 314 g/mol. The molecule has 23 heavy (non-hydrogen) atoms. The van der Waals surface area contributed by atoms with Gasteiger partial charge in [-0.3, -0.25) is 14.4 Å². The number of aromatic hydroxyl groups is 1. The highest BCUT2D eigenvalue weighted by Crippen LogP contribution is 2.42. The quantitative estimate of drug-likeness (QED) is 0.730. The first kappa shape index (κ1) is 14.1. The summed E-state index contributed by atoms with van der Waals surface area (Å²) in [6, 6.07) is 3.13. The van der Waals surface area contributed by atoms with Gasteiger partial charge in [0.05, 0.1) is 23.7 Å². The minimum atomic E-state index is -0.877. The molecule has 2 heterocycles. The molecule has 6 heteroatoms. The standard InChI is InChI=1S/C17H14O6/c1-6-3-4-8-12(14(6)19)16(21)13-11(15(8)20)7(2)22-9-5-10(18)23-17(9)13/h3-4,7,9,17,19H,5H2,1-2H3/t7-,9-,17+/m1/s1. The number of aryl methyl sites for hydroxylation is 1. The molecule has 0 amide bonds. The van der Waals surface area contributed by atoms with Crippen molar-refractivity contribution in [2.75, 3.05) is 0 Å². The van der Waals surface area contributed by atoms with E-state index in [0.29, 0.717) is 5.56 Å². The van der Waals surface area contributed by atoms with Crippen LogP contribution >= 0.6 is 0 Å². The SMILES string of the molecule is Cc1ccc2c(c1O)C(=O)C1=C(C2=O)[C@@H](C)O[C@@H]2CC(=O)O[C@H]12. The average Bonchev–Trinajstić information content (AvgIpc) is 2.86. The van der Waals surface area contributed by atoms with E-state index in [4.69, 9.17) is 9.47 Å². The van der Waals surface area contributed by atoms with Crippen LogP contribution in [0.5, 0.6) is 5.75 Å². The highest BCUT2D eigenvalue weighted by atomic mass is 16.6. The predicted octanol–water partition coefficient (Wildman–Crippen LogP) is 1.48. The number of rotatable bonds is 0. The molecular formula is C17H14O6. The molecule has 6 nitrogen and oxygen atoms in total. The molecule has 1 aromatic carbocycles. The van der Waals surface area contributed by atoms with E-state index < -0.39 is 30.1 Å². The second-order valence-electron chi connectivity index (χ2n) is 6.07. The van der Waals surface area contributed by atoms with Gasteiger partial charge >= 0.3 is 5.97 Å². The van der Waals surface area contributed by atoms with E-state index in [0.717, 1.165) is 0 Å². The summed E-state index contributed by atoms with van der Waals surface area (Å²) in [7, 11) is 0. The Kier molecular flexibility index (Phi) is 2.78. The van der Waals surface area contributed by atoms with Crippen LogP contribution < -0.4 is 0 Å². The molecule has 1 fully saturated rings. The fourth-order valence-electron chi connectivity index (χ4n) is 3.56. The number of phenolic OH excluding ortho intramolecular Hbond substituents is 1. The largest absolute Gasteiger partial charge is 0.507 e. The molecule has 1 N–H and O–H groups in total. The van der Waals surface area contributed by atoms with Gasteiger partial charge in [0.2, 0.25) is 0 Å². The molecule has 1 aliphatic carbocycles. The van der Waals surface area contributed by atoms with Gasteiger partial charge in [0.15, 0.2) is 17.7 Å². The minimum absolute atomic E-state index is 0.00968. The average molecular weight is 314 g/mol. The van der Waals surface area contributed by atoms with Crippen LogP contribution in [0.4, 0.5) is 0 Å². The first-order valence-corrected chi connectivity index (χ1v) is 7.41. The maximum absolute atomic E-state index is 12.9. The maximum Gasteiger partial charge on any atom is 0.309 e. The van der Waals surface area contributed by atoms with Crippen molar-refractivity contribution in [2.24, 2.45) is 0 Å². The third-order valence-electron chi connectivity index (χ3n) is 4.66. The Balaban J connectivity index is 1.96. The molecule has 3 atom stereocenters. The number of ether oxygens (including phenoxy) is 2. The molecule has 0 bridgehead atoms. The highest BCUT2D eigenvalue weighted by Gasteiger charge is 2.51. The van der Waals surface area contributed by atoms with Crippen molar-refractivity contribution in [3.05, 3.63) is 40.0 Å². The van der Waals surface area contributed by atoms with E-state index in [1.165, 1.54) is 6.07 Å². The van der Waals surface area contributed by atoms with Gasteiger partial charge in [0, 0.05) is 11.1 Å². The van der Waals surface area contributed by atoms with E-state index in [2.05, 4.69) is 0 Å². The zero-order valence-electron chi connectivity index (χ0n) is 12.6. The topological polar surface area (TPSA) is 89.9 Å². The van der Waals surface area contributed by atoms with Crippen molar-refractivity contribution in [3.63, 3.8) is 0 Å². The summed E-state index contributed by atoms with van der Waals surface area (Å²) >= 11 is 0. The normalized spacial score (nSPS) is 29.1. The fraction of sp³-hybridized carbons (Fsp3) is 0.353. The predicted molar refractivity (Wildman–Crippen MR) is 77.4 cm³/mol. The van der Waals surface area contributed by atoms with E-state index in [-0.39, 0.29) is 40.2 Å². The van der Waals surface area contributed by atoms with Crippen molar-refractivity contribution >= 4 is 17.5 Å². The number of Topliss-reactive ketones (excluding diaryl/α,β-unsaturated/α-hetero) is 2. The van der Waals surface area contributed by atoms with E-state index in [1.807, 2.05) is 0 Å². The van der Waals surface area contributed by atoms with Crippen molar-refractivity contribution in [1.82, 2.24) is 0 Å². The molecule has 4 rings (SSSR count). The van der Waals surface area contributed by atoms with Crippen LogP contribution in [0, 0.1) is 6.92 Å². The molecule has 0 spiro atoms. The lowest BCUT2D eigenvalue weighted by atomic mass is 9.76. The van der Waals surface area contributed by atoms with Gasteiger partial charge < -0.3 is 14.6 Å². The number of hydrogen-bond acceptors (Lipinski definition) is 6. The minimum Gasteiger partial charge on any atom is -0.507 e. The summed E-state index contributed by atoms with van der Waals surface area (Å²) in [5.74, 6) is -1.48. The van der Waals surface area contributed by atoms with Crippen LogP contribution in [0.25, 0.3) is 0 Å². The summed E-state index contributed by atoms with van der Waals surface area (Å²) in [5, 5.41) is 10.2. The number of phenols is 1. The lowest BCUT2D eigenvalue weighted by Gasteiger charge is -2.35. The number of esters is 1. The number of hydrogen-bond donors (Lipinski definition) is 1. The Morgan fingerprint density at radius 1 is 1.13 bits per heavy atom. The van der Waals surface area contributed by atoms with E-state index in [1.54, 1.807) is 19.9 Å². The molecule has 3 aliphatic rings. The molecular weight excluding hydrogens is 300 g/mol. The Morgan fingerprint density at radius 2 is 1.87 bits per heavy atom. The third kappa shape index (κ3) is 1.75. The fourth-order valence-corrected chi connectivity index (χ4v) is 3.56. The van der Waals surface area contributed by atoms with Crippen LogP contribution in [-0.2, 0) is 14.3 Å². The molecule has 1 saturated heterocycles. The van der Waals surface area contributed by atoms with Crippen LogP contribution in [0.1, 0.15) is 39.6 Å². The zero-order valence-corrected chi connectivity index (χ0v) is 12.6. The van der Waals surface area contributed by atoms with Gasteiger partial charge in [0.1, 0.15) is 11.9 Å². The van der Waals surface area contributed by atoms with Gasteiger partial charge in [-0.15, -0.1) is 0 Å². The summed E-state index contributed by atoms with van der Waals surface area (Å²) in [6.07, 6.45) is -1.99. The summed E-state index contributed by atoms with van der Waals surface area (Å²) in [6.45, 7) is 3.33. The van der Waals surface area contributed by atoms with Crippen molar-refractivity contribution in [3.8, 4) is 5.75 Å². The van der Waals surface area contributed by atoms with Gasteiger partial charge in [-0.2, -0.15) is 0 Å². The number of carbonyl (C=O) groups is 3. The number of ketones is 2. The lowest BCUT2D eigenvalue weighted by molar-refractivity contribution is -0.140. The van der Waals surface area contributed by atoms with E-state index in [9.17, 15) is 19.5 Å². The van der Waals surface area contributed by atoms with Gasteiger partial charge in [-0.1, -0.05) is 6.07 Å². The van der Waals surface area contributed by atoms with Gasteiger partial charge in [-0.05, 0) is 25.5 Å². The van der Waals surface area contributed by atoms with Gasteiger partial charge in [0.25, 0.3) is 0 Å². The van der Waals surface area contributed by atoms with Crippen LogP contribution in [-0.4, -0.2) is 41.0 Å². The Labute approximate surface area is 131 Å². The Hall–Kier alpha value is -2.47. The first-order chi connectivity index (χ1) is 10.9. The van der Waals surface area contributed by atoms with Crippen LogP contribution in [0.15, 0.2) is 23.3 Å². The summed E-state index contributed by atoms with van der Waals surface area (Å²) in [4.78, 5) is 37.3. The maximum atomic E-state index is 12.9. The Morgan fingerprint density at radius 3 is 2.61 bits per heavy atom. The number of benzene rings is 1. The van der Waals surface area contributed by atoms with Crippen molar-refractivity contribution < 1.29 is 29.0 Å². The molecule has 0 radical (unpaired) electrons. The third-order valence-corrected chi connectivity index (χ3v) is 4.66. The summed E-state index contributed by atoms with van der Waals surface area (Å²) in [5.41, 5.74) is 1.04. The highest BCUT2D eigenvalue weighted by molar-refractivity contribution is 6.29. The zero-order chi connectivity index (χ0) is 16.5. The van der Waals surface area contributed by atoms with Crippen molar-refractivity contribution in [2.45, 2.75) is 38.6 Å². The summed E-state index contributed by atoms with van der Waals surface area (Å²) < 4.78 is 10.9. The molecule has 0 saturated carbocycles. The van der Waals surface area contributed by atoms with E-state index >= 15 is 0 Å².